The van der Waals surface area contributed by atoms with Crippen molar-refractivity contribution in [2.75, 3.05) is 26.2 Å². The monoisotopic (exact) mass is 328 g/mol. The Labute approximate surface area is 139 Å². The summed E-state index contributed by atoms with van der Waals surface area (Å²) in [4.78, 5) is 2.62. The highest BCUT2D eigenvalue weighted by Gasteiger charge is 2.29. The first-order valence-electron chi connectivity index (χ1n) is 8.34. The van der Waals surface area contributed by atoms with Crippen molar-refractivity contribution in [2.24, 2.45) is 13.0 Å². The predicted octanol–water partition coefficient (Wildman–Crippen LogP) is 1.73. The zero-order chi connectivity index (χ0) is 14.7. The van der Waals surface area contributed by atoms with E-state index in [1.807, 2.05) is 13.2 Å². The van der Waals surface area contributed by atoms with Crippen molar-refractivity contribution in [2.45, 2.75) is 44.2 Å². The van der Waals surface area contributed by atoms with Gasteiger partial charge in [-0.3, -0.25) is 9.58 Å². The van der Waals surface area contributed by atoms with Gasteiger partial charge in [0.05, 0.1) is 12.3 Å². The van der Waals surface area contributed by atoms with Crippen LogP contribution in [0.15, 0.2) is 12.4 Å². The predicted molar refractivity (Wildman–Crippen MR) is 90.2 cm³/mol. The Bertz CT molecular complexity index is 447. The van der Waals surface area contributed by atoms with Crippen molar-refractivity contribution >= 4 is 12.4 Å². The molecule has 5 nitrogen and oxygen atoms in total. The number of aliphatic hydroxyl groups excluding tert-OH is 1. The molecular formula is C16H29ClN4O. The Morgan fingerprint density at radius 3 is 2.82 bits per heavy atom. The van der Waals surface area contributed by atoms with Gasteiger partial charge in [-0.15, -0.1) is 12.4 Å². The summed E-state index contributed by atoms with van der Waals surface area (Å²) in [5.74, 6) is 0.836. The molecule has 2 N–H and O–H groups in total. The minimum Gasteiger partial charge on any atom is -0.388 e. The molecule has 3 rings (SSSR count). The number of halogens is 1. The fourth-order valence-electron chi connectivity index (χ4n) is 3.80. The van der Waals surface area contributed by atoms with Crippen molar-refractivity contribution in [3.8, 4) is 0 Å². The molecule has 0 aliphatic carbocycles. The Morgan fingerprint density at radius 1 is 1.36 bits per heavy atom. The molecule has 2 saturated heterocycles. The number of likely N-dealkylation sites (tertiary alicyclic amines) is 1. The smallest absolute Gasteiger partial charge is 0.0835 e. The Kier molecular flexibility index (Phi) is 6.68. The second-order valence-corrected chi connectivity index (χ2v) is 6.68. The summed E-state index contributed by atoms with van der Waals surface area (Å²) < 4.78 is 1.76. The first-order chi connectivity index (χ1) is 10.2. The van der Waals surface area contributed by atoms with Gasteiger partial charge in [0, 0.05) is 31.4 Å². The highest BCUT2D eigenvalue weighted by atomic mass is 35.5. The maximum absolute atomic E-state index is 10.4. The average Bonchev–Trinajstić information content (AvgIpc) is 3.10. The maximum Gasteiger partial charge on any atom is 0.0835 e. The van der Waals surface area contributed by atoms with Gasteiger partial charge in [0.1, 0.15) is 0 Å². The van der Waals surface area contributed by atoms with Gasteiger partial charge in [-0.05, 0) is 57.7 Å². The van der Waals surface area contributed by atoms with Crippen LogP contribution in [0.1, 0.15) is 43.8 Å². The highest BCUT2D eigenvalue weighted by molar-refractivity contribution is 5.85. The molecule has 0 saturated carbocycles. The van der Waals surface area contributed by atoms with Gasteiger partial charge in [0.25, 0.3) is 0 Å². The van der Waals surface area contributed by atoms with Crippen molar-refractivity contribution < 1.29 is 5.11 Å². The van der Waals surface area contributed by atoms with E-state index in [0.717, 1.165) is 17.9 Å². The summed E-state index contributed by atoms with van der Waals surface area (Å²) in [5.41, 5.74) is 0.950. The largest absolute Gasteiger partial charge is 0.388 e. The highest BCUT2D eigenvalue weighted by Crippen LogP contribution is 2.28. The SMILES string of the molecule is Cl.Cn1cc(C(O)CC2CCCN2CC2CCNCC2)cn1. The average molecular weight is 329 g/mol. The molecule has 126 valence electrons. The van der Waals surface area contributed by atoms with Gasteiger partial charge < -0.3 is 10.4 Å². The zero-order valence-corrected chi connectivity index (χ0v) is 14.3. The number of nitrogens with zero attached hydrogens (tertiary/aromatic N) is 3. The Balaban J connectivity index is 0.00000176. The Hall–Kier alpha value is -0.620. The molecular weight excluding hydrogens is 300 g/mol. The molecule has 2 atom stereocenters. The van der Waals surface area contributed by atoms with Crippen LogP contribution in [0.25, 0.3) is 0 Å². The number of nitrogens with one attached hydrogen (secondary N) is 1. The van der Waals surface area contributed by atoms with Crippen LogP contribution in [-0.2, 0) is 7.05 Å². The zero-order valence-electron chi connectivity index (χ0n) is 13.4. The lowest BCUT2D eigenvalue weighted by Crippen LogP contribution is -2.39. The van der Waals surface area contributed by atoms with Crippen LogP contribution in [-0.4, -0.2) is 52.0 Å². The molecule has 2 aliphatic rings. The van der Waals surface area contributed by atoms with E-state index in [1.165, 1.54) is 51.9 Å². The number of hydrogen-bond donors (Lipinski definition) is 2. The lowest BCUT2D eigenvalue weighted by atomic mass is 9.96. The lowest BCUT2D eigenvalue weighted by Gasteiger charge is -2.32. The van der Waals surface area contributed by atoms with Crippen molar-refractivity contribution in [1.29, 1.82) is 0 Å². The quantitative estimate of drug-likeness (QED) is 0.864. The van der Waals surface area contributed by atoms with Gasteiger partial charge in [0.15, 0.2) is 0 Å². The van der Waals surface area contributed by atoms with E-state index in [0.29, 0.717) is 6.04 Å². The van der Waals surface area contributed by atoms with E-state index in [2.05, 4.69) is 15.3 Å². The third-order valence-electron chi connectivity index (χ3n) is 5.06. The molecule has 0 aromatic carbocycles. The number of aliphatic hydroxyl groups is 1. The molecule has 3 heterocycles. The van der Waals surface area contributed by atoms with Crippen LogP contribution < -0.4 is 5.32 Å². The minimum atomic E-state index is -0.377. The third kappa shape index (κ3) is 4.44. The standard InChI is InChI=1S/C16H28N4O.ClH/c1-19-12-14(10-18-19)16(21)9-15-3-2-8-20(15)11-13-4-6-17-7-5-13;/h10,12-13,15-17,21H,2-9,11H2,1H3;1H. The van der Waals surface area contributed by atoms with Gasteiger partial charge in [0.2, 0.25) is 0 Å². The molecule has 2 fully saturated rings. The van der Waals surface area contributed by atoms with Crippen LogP contribution in [0.3, 0.4) is 0 Å². The molecule has 22 heavy (non-hydrogen) atoms. The summed E-state index contributed by atoms with van der Waals surface area (Å²) in [6.07, 6.45) is 9.28. The van der Waals surface area contributed by atoms with E-state index in [4.69, 9.17) is 0 Å². The number of hydrogen-bond acceptors (Lipinski definition) is 4. The number of piperidine rings is 1. The molecule has 0 bridgehead atoms. The lowest BCUT2D eigenvalue weighted by molar-refractivity contribution is 0.109. The summed E-state index contributed by atoms with van der Waals surface area (Å²) in [6.45, 7) is 4.75. The molecule has 0 spiro atoms. The van der Waals surface area contributed by atoms with Crippen LogP contribution in [0.5, 0.6) is 0 Å². The molecule has 1 aromatic heterocycles. The van der Waals surface area contributed by atoms with Gasteiger partial charge in [-0.2, -0.15) is 5.10 Å². The van der Waals surface area contributed by atoms with E-state index in [-0.39, 0.29) is 18.5 Å². The van der Waals surface area contributed by atoms with Crippen molar-refractivity contribution in [3.63, 3.8) is 0 Å². The van der Waals surface area contributed by atoms with Crippen molar-refractivity contribution in [3.05, 3.63) is 18.0 Å². The van der Waals surface area contributed by atoms with Gasteiger partial charge in [-0.25, -0.2) is 0 Å². The van der Waals surface area contributed by atoms with E-state index in [1.54, 1.807) is 10.9 Å². The topological polar surface area (TPSA) is 53.3 Å². The second kappa shape index (κ2) is 8.29. The molecule has 0 radical (unpaired) electrons. The second-order valence-electron chi connectivity index (χ2n) is 6.68. The molecule has 2 unspecified atom stereocenters. The molecule has 2 aliphatic heterocycles. The summed E-state index contributed by atoms with van der Waals surface area (Å²) in [5, 5.41) is 18.0. The fourth-order valence-corrected chi connectivity index (χ4v) is 3.80. The van der Waals surface area contributed by atoms with Crippen molar-refractivity contribution in [1.82, 2.24) is 20.0 Å². The molecule has 6 heteroatoms. The fraction of sp³-hybridized carbons (Fsp3) is 0.812. The van der Waals surface area contributed by atoms with Crippen LogP contribution in [0.2, 0.25) is 0 Å². The molecule has 1 aromatic rings. The summed E-state index contributed by atoms with van der Waals surface area (Å²) >= 11 is 0. The van der Waals surface area contributed by atoms with Gasteiger partial charge >= 0.3 is 0 Å². The number of aryl methyl sites for hydroxylation is 1. The first-order valence-corrected chi connectivity index (χ1v) is 8.34. The van der Waals surface area contributed by atoms with E-state index >= 15 is 0 Å². The minimum absolute atomic E-state index is 0. The first kappa shape index (κ1) is 17.7. The normalized spacial score (nSPS) is 25.1. The Morgan fingerprint density at radius 2 is 2.14 bits per heavy atom. The summed E-state index contributed by atoms with van der Waals surface area (Å²) in [7, 11) is 1.90. The van der Waals surface area contributed by atoms with Crippen LogP contribution in [0.4, 0.5) is 0 Å². The van der Waals surface area contributed by atoms with Crippen LogP contribution >= 0.6 is 12.4 Å². The maximum atomic E-state index is 10.4. The number of aromatic nitrogens is 2. The summed E-state index contributed by atoms with van der Waals surface area (Å²) in [6, 6.07) is 0.537. The van der Waals surface area contributed by atoms with Gasteiger partial charge in [-0.1, -0.05) is 0 Å². The van der Waals surface area contributed by atoms with E-state index in [9.17, 15) is 5.11 Å². The van der Waals surface area contributed by atoms with Crippen LogP contribution in [0, 0.1) is 5.92 Å². The molecule has 0 amide bonds. The van der Waals surface area contributed by atoms with E-state index < -0.39 is 0 Å². The third-order valence-corrected chi connectivity index (χ3v) is 5.06. The number of rotatable bonds is 5.